The number of methoxy groups -OCH3 is 2. The van der Waals surface area contributed by atoms with E-state index < -0.39 is 60.5 Å². The Kier molecular flexibility index (Phi) is 16.7. The summed E-state index contributed by atoms with van der Waals surface area (Å²) in [6.45, 7) is 20.7. The number of nitrogens with two attached hydrogens (primary N) is 1. The smallest absolute Gasteiger partial charge is 0.417 e. The predicted molar refractivity (Wildman–Crippen MR) is 289 cm³/mol. The van der Waals surface area contributed by atoms with E-state index >= 15 is 0 Å². The molecule has 4 fully saturated rings. The minimum atomic E-state index is -1.00. The molecule has 0 bridgehead atoms. The molecule has 3 aromatic carbocycles. The standard InChI is InChI=1S/C59H73N5O14/c1-35-22-44-54(75-50-17-11-13-20-71-50)63(56(67)77-58(3,4)5)42-29-48(46(69-9)27-40(42)52(65)61(44)31-35)73-33-38-24-37(16-15-19-60)25-39(26-38)34-74-49-30-43-41(28-47(49)70-10)53(66)62-32-36(2)23-45(62)55(76-51-18-12-14-21-72-51)64(43)57(68)78-59(6,7)8/h24-30,44-45,50-51,54-55H,1-2,11-14,17-23,31-34,60H2,3-10H3/t44-,45-,50?,51?,54-,55?/m0/s1. The van der Waals surface area contributed by atoms with Crippen LogP contribution in [0.1, 0.15) is 130 Å². The number of amides is 4. The van der Waals surface area contributed by atoms with Gasteiger partial charge in [-0.25, -0.2) is 19.4 Å². The second-order valence-electron chi connectivity index (χ2n) is 22.4. The lowest BCUT2D eigenvalue weighted by Crippen LogP contribution is -2.54. The molecule has 78 heavy (non-hydrogen) atoms. The fourth-order valence-corrected chi connectivity index (χ4v) is 10.7. The quantitative estimate of drug-likeness (QED) is 0.133. The Morgan fingerprint density at radius 1 is 0.641 bits per heavy atom. The lowest BCUT2D eigenvalue weighted by Gasteiger charge is -2.39. The number of carbonyl (C=O) groups is 4. The summed E-state index contributed by atoms with van der Waals surface area (Å²) in [5.74, 6) is 6.36. The maximum absolute atomic E-state index is 14.6. The fraction of sp³-hybridized carbons (Fsp3) is 0.525. The van der Waals surface area contributed by atoms with Crippen molar-refractivity contribution in [3.63, 3.8) is 0 Å². The summed E-state index contributed by atoms with van der Waals surface area (Å²) in [6.07, 6.45) is 0.886. The molecule has 2 N–H and O–H groups in total. The molecule has 0 radical (unpaired) electrons. The number of anilines is 2. The van der Waals surface area contributed by atoms with Gasteiger partial charge in [-0.3, -0.25) is 9.59 Å². The molecule has 6 aliphatic rings. The molecule has 6 atom stereocenters. The van der Waals surface area contributed by atoms with Crippen LogP contribution in [0.15, 0.2) is 66.8 Å². The molecular formula is C59H73N5O14. The Bertz CT molecular complexity index is 2690. The predicted octanol–water partition coefficient (Wildman–Crippen LogP) is 8.96. The maximum atomic E-state index is 14.6. The zero-order valence-corrected chi connectivity index (χ0v) is 46.1. The topological polar surface area (TPSA) is 200 Å². The fourth-order valence-electron chi connectivity index (χ4n) is 10.7. The average Bonchev–Trinajstić information content (AvgIpc) is 4.16. The van der Waals surface area contributed by atoms with Crippen LogP contribution in [0, 0.1) is 11.8 Å². The van der Waals surface area contributed by atoms with Crippen LogP contribution in [0.3, 0.4) is 0 Å². The first-order chi connectivity index (χ1) is 37.2. The Morgan fingerprint density at radius 3 is 1.45 bits per heavy atom. The van der Waals surface area contributed by atoms with E-state index in [-0.39, 0.29) is 90.2 Å². The van der Waals surface area contributed by atoms with E-state index in [0.29, 0.717) is 55.6 Å². The van der Waals surface area contributed by atoms with Gasteiger partial charge >= 0.3 is 12.2 Å². The molecule has 0 aromatic heterocycles. The van der Waals surface area contributed by atoms with E-state index in [1.807, 2.05) is 18.2 Å². The molecule has 4 saturated heterocycles. The third-order valence-electron chi connectivity index (χ3n) is 14.0. The minimum absolute atomic E-state index is 0.0313. The highest BCUT2D eigenvalue weighted by atomic mass is 16.7. The zero-order chi connectivity index (χ0) is 55.6. The van der Waals surface area contributed by atoms with E-state index in [2.05, 4.69) is 25.0 Å². The van der Waals surface area contributed by atoms with Crippen molar-refractivity contribution in [1.29, 1.82) is 0 Å². The third kappa shape index (κ3) is 12.4. The van der Waals surface area contributed by atoms with Crippen molar-refractivity contribution in [1.82, 2.24) is 9.80 Å². The first kappa shape index (κ1) is 55.9. The van der Waals surface area contributed by atoms with Crippen LogP contribution in [-0.4, -0.2) is 129 Å². The highest BCUT2D eigenvalue weighted by molar-refractivity contribution is 6.07. The van der Waals surface area contributed by atoms with Gasteiger partial charge in [-0.1, -0.05) is 36.1 Å². The Balaban J connectivity index is 1.05. The lowest BCUT2D eigenvalue weighted by atomic mass is 10.1. The highest BCUT2D eigenvalue weighted by Gasteiger charge is 2.51. The van der Waals surface area contributed by atoms with Crippen molar-refractivity contribution in [2.45, 2.75) is 154 Å². The monoisotopic (exact) mass is 1080 g/mol. The molecule has 0 aliphatic carbocycles. The van der Waals surface area contributed by atoms with Crippen molar-refractivity contribution in [2.24, 2.45) is 5.73 Å². The molecule has 19 nitrogen and oxygen atoms in total. The van der Waals surface area contributed by atoms with Crippen molar-refractivity contribution in [3.05, 3.63) is 94.6 Å². The molecule has 9 rings (SSSR count). The van der Waals surface area contributed by atoms with Crippen LogP contribution in [0.5, 0.6) is 23.0 Å². The first-order valence-corrected chi connectivity index (χ1v) is 26.8. The van der Waals surface area contributed by atoms with Gasteiger partial charge in [0.2, 0.25) is 0 Å². The Hall–Kier alpha value is -6.82. The summed E-state index contributed by atoms with van der Waals surface area (Å²) in [6, 6.07) is 10.8. The average molecular weight is 1080 g/mol. The summed E-state index contributed by atoms with van der Waals surface area (Å²) < 4.78 is 62.5. The molecule has 3 unspecified atom stereocenters. The van der Waals surface area contributed by atoms with Crippen molar-refractivity contribution < 1.29 is 66.5 Å². The van der Waals surface area contributed by atoms with Crippen LogP contribution in [-0.2, 0) is 41.6 Å². The summed E-state index contributed by atoms with van der Waals surface area (Å²) in [5, 5.41) is 0. The van der Waals surface area contributed by atoms with Gasteiger partial charge < -0.3 is 62.9 Å². The molecule has 19 heteroatoms. The maximum Gasteiger partial charge on any atom is 0.417 e. The molecule has 418 valence electrons. The van der Waals surface area contributed by atoms with Gasteiger partial charge in [0.15, 0.2) is 48.0 Å². The molecule has 0 saturated carbocycles. The van der Waals surface area contributed by atoms with Crippen LogP contribution in [0.25, 0.3) is 0 Å². The highest BCUT2D eigenvalue weighted by Crippen LogP contribution is 2.46. The largest absolute Gasteiger partial charge is 0.493 e. The molecule has 4 amide bonds. The van der Waals surface area contributed by atoms with Gasteiger partial charge in [0.1, 0.15) is 24.4 Å². The van der Waals surface area contributed by atoms with Crippen LogP contribution >= 0.6 is 0 Å². The second-order valence-corrected chi connectivity index (χ2v) is 22.4. The van der Waals surface area contributed by atoms with Gasteiger partial charge in [0.25, 0.3) is 11.8 Å². The van der Waals surface area contributed by atoms with Crippen LogP contribution < -0.4 is 34.5 Å². The first-order valence-electron chi connectivity index (χ1n) is 26.8. The number of benzene rings is 3. The SMILES string of the molecule is C=C1C[C@H]2C(OC3CCCCO3)N(C(=O)OC(C)(C)C)c3cc(OCc4cc(C#CCN)cc(COc5cc6c(cc5OC)C(=O)N5CC(=C)C[C@H]5[C@H](OC5CCCCO5)N6C(=O)OC(C)(C)C)c4)c(OC)cc3C(=O)N2C1. The normalized spacial score (nSPS) is 23.2. The van der Waals surface area contributed by atoms with Crippen molar-refractivity contribution in [2.75, 3.05) is 56.9 Å². The summed E-state index contributed by atoms with van der Waals surface area (Å²) >= 11 is 0. The lowest BCUT2D eigenvalue weighted by molar-refractivity contribution is -0.196. The van der Waals surface area contributed by atoms with E-state index in [1.54, 1.807) is 75.6 Å². The molecule has 3 aromatic rings. The van der Waals surface area contributed by atoms with Crippen LogP contribution in [0.2, 0.25) is 0 Å². The third-order valence-corrected chi connectivity index (χ3v) is 14.0. The van der Waals surface area contributed by atoms with Crippen LogP contribution in [0.4, 0.5) is 21.0 Å². The number of carbonyl (C=O) groups excluding carboxylic acids is 4. The van der Waals surface area contributed by atoms with Gasteiger partial charge in [-0.05, 0) is 134 Å². The summed E-state index contributed by atoms with van der Waals surface area (Å²) in [7, 11) is 2.95. The molecular weight excluding hydrogens is 1000 g/mol. The van der Waals surface area contributed by atoms with E-state index in [0.717, 1.165) is 36.8 Å². The van der Waals surface area contributed by atoms with E-state index in [1.165, 1.54) is 24.0 Å². The van der Waals surface area contributed by atoms with Gasteiger partial charge in [-0.2, -0.15) is 0 Å². The molecule has 0 spiro atoms. The Morgan fingerprint density at radius 2 is 1.08 bits per heavy atom. The molecule has 6 heterocycles. The number of rotatable bonds is 12. The van der Waals surface area contributed by atoms with E-state index in [4.69, 9.17) is 53.1 Å². The number of fused-ring (bicyclic) bond motifs is 4. The second kappa shape index (κ2) is 23.3. The van der Waals surface area contributed by atoms with Gasteiger partial charge in [0, 0.05) is 44.0 Å². The minimum Gasteiger partial charge on any atom is -0.493 e. The van der Waals surface area contributed by atoms with Crippen molar-refractivity contribution >= 4 is 35.4 Å². The number of ether oxygens (including phenoxy) is 10. The number of nitrogens with zero attached hydrogens (tertiary/aromatic N) is 4. The summed E-state index contributed by atoms with van der Waals surface area (Å²) in [5.41, 5.74) is 8.48. The molecule has 6 aliphatic heterocycles. The number of hydrogen-bond acceptors (Lipinski definition) is 15. The van der Waals surface area contributed by atoms with Crippen molar-refractivity contribution in [3.8, 4) is 34.8 Å². The van der Waals surface area contributed by atoms with Gasteiger partial charge in [-0.15, -0.1) is 0 Å². The van der Waals surface area contributed by atoms with Gasteiger partial charge in [0.05, 0.1) is 55.3 Å². The number of hydrogen-bond donors (Lipinski definition) is 1. The summed E-state index contributed by atoms with van der Waals surface area (Å²) in [4.78, 5) is 64.6. The van der Waals surface area contributed by atoms with E-state index in [9.17, 15) is 19.2 Å². The zero-order valence-electron chi connectivity index (χ0n) is 46.1. The Labute approximate surface area is 456 Å².